The first-order valence-corrected chi connectivity index (χ1v) is 9.67. The third-order valence-electron chi connectivity index (χ3n) is 3.79. The van der Waals surface area contributed by atoms with E-state index in [9.17, 15) is 13.2 Å². The maximum atomic E-state index is 11.9. The molecule has 2 N–H and O–H groups in total. The number of hydrogen-bond acceptors (Lipinski definition) is 4. The smallest absolute Gasteiger partial charge is 0.240 e. The van der Waals surface area contributed by atoms with E-state index < -0.39 is 10.0 Å². The predicted molar refractivity (Wildman–Crippen MR) is 95.6 cm³/mol. The van der Waals surface area contributed by atoms with Crippen LogP contribution in [0.25, 0.3) is 0 Å². The van der Waals surface area contributed by atoms with Crippen molar-refractivity contribution in [2.24, 2.45) is 0 Å². The molecule has 25 heavy (non-hydrogen) atoms. The molecule has 0 fully saturated rings. The minimum absolute atomic E-state index is 0.0106. The van der Waals surface area contributed by atoms with E-state index in [1.165, 1.54) is 7.05 Å². The monoisotopic (exact) mass is 364 g/mol. The number of benzene rings is 1. The molecule has 0 radical (unpaired) electrons. The van der Waals surface area contributed by atoms with E-state index in [1.54, 1.807) is 24.3 Å². The van der Waals surface area contributed by atoms with E-state index in [-0.39, 0.29) is 10.8 Å². The Kier molecular flexibility index (Phi) is 6.72. The molecule has 2 rings (SSSR count). The van der Waals surface area contributed by atoms with Crippen LogP contribution in [0.15, 0.2) is 41.6 Å². The van der Waals surface area contributed by atoms with Crippen LogP contribution in [0.3, 0.4) is 0 Å². The molecule has 0 atom stereocenters. The first-order valence-electron chi connectivity index (χ1n) is 8.19. The molecule has 0 aliphatic carbocycles. The molecule has 1 amide bonds. The Balaban J connectivity index is 1.69. The number of aromatic nitrogens is 2. The Hall–Kier alpha value is -2.19. The van der Waals surface area contributed by atoms with Gasteiger partial charge >= 0.3 is 0 Å². The maximum absolute atomic E-state index is 11.9. The standard InChI is InChI=1S/C17H24N4O3S/c1-14-12-20-21(13-14)11-3-10-19-17(22)9-6-15-4-7-16(8-5-15)25(23,24)18-2/h4-5,7-8,12-13,18H,3,6,9-11H2,1-2H3,(H,19,22). The minimum atomic E-state index is -3.42. The molecule has 0 spiro atoms. The van der Waals surface area contributed by atoms with Gasteiger partial charge in [-0.1, -0.05) is 12.1 Å². The van der Waals surface area contributed by atoms with Crippen molar-refractivity contribution < 1.29 is 13.2 Å². The molecule has 0 bridgehead atoms. The number of nitrogens with zero attached hydrogens (tertiary/aromatic N) is 2. The SMILES string of the molecule is CNS(=O)(=O)c1ccc(CCC(=O)NCCCn2cc(C)cn2)cc1. The van der Waals surface area contributed by atoms with Gasteiger partial charge in [-0.2, -0.15) is 5.10 Å². The van der Waals surface area contributed by atoms with E-state index >= 15 is 0 Å². The van der Waals surface area contributed by atoms with Crippen molar-refractivity contribution in [3.8, 4) is 0 Å². The minimum Gasteiger partial charge on any atom is -0.356 e. The van der Waals surface area contributed by atoms with Crippen molar-refractivity contribution in [3.05, 3.63) is 47.8 Å². The molecule has 0 saturated heterocycles. The zero-order valence-electron chi connectivity index (χ0n) is 14.5. The lowest BCUT2D eigenvalue weighted by Gasteiger charge is -2.07. The fraction of sp³-hybridized carbons (Fsp3) is 0.412. The second-order valence-corrected chi connectivity index (χ2v) is 7.72. The molecular weight excluding hydrogens is 340 g/mol. The van der Waals surface area contributed by atoms with Crippen molar-refractivity contribution >= 4 is 15.9 Å². The lowest BCUT2D eigenvalue weighted by Crippen LogP contribution is -2.25. The molecule has 1 heterocycles. The quantitative estimate of drug-likeness (QED) is 0.655. The van der Waals surface area contributed by atoms with Crippen LogP contribution in [0.5, 0.6) is 0 Å². The number of amides is 1. The molecule has 0 aliphatic rings. The van der Waals surface area contributed by atoms with E-state index in [0.29, 0.717) is 19.4 Å². The van der Waals surface area contributed by atoms with Crippen LogP contribution >= 0.6 is 0 Å². The summed E-state index contributed by atoms with van der Waals surface area (Å²) in [4.78, 5) is 12.1. The summed E-state index contributed by atoms with van der Waals surface area (Å²) >= 11 is 0. The van der Waals surface area contributed by atoms with E-state index in [4.69, 9.17) is 0 Å². The molecule has 8 heteroatoms. The van der Waals surface area contributed by atoms with Gasteiger partial charge in [0, 0.05) is 25.7 Å². The normalized spacial score (nSPS) is 11.4. The molecule has 7 nitrogen and oxygen atoms in total. The number of sulfonamides is 1. The van der Waals surface area contributed by atoms with Crippen molar-refractivity contribution in [2.75, 3.05) is 13.6 Å². The molecule has 0 saturated carbocycles. The second-order valence-electron chi connectivity index (χ2n) is 5.84. The van der Waals surface area contributed by atoms with Crippen molar-refractivity contribution in [3.63, 3.8) is 0 Å². The average Bonchev–Trinajstić information content (AvgIpc) is 3.02. The van der Waals surface area contributed by atoms with Crippen LogP contribution in [0.2, 0.25) is 0 Å². The van der Waals surface area contributed by atoms with Crippen LogP contribution in [0.4, 0.5) is 0 Å². The lowest BCUT2D eigenvalue weighted by atomic mass is 10.1. The third kappa shape index (κ3) is 5.99. The fourth-order valence-corrected chi connectivity index (χ4v) is 3.09. The molecule has 2 aromatic rings. The van der Waals surface area contributed by atoms with Gasteiger partial charge in [-0.15, -0.1) is 0 Å². The van der Waals surface area contributed by atoms with Crippen LogP contribution < -0.4 is 10.0 Å². The molecule has 1 aromatic carbocycles. The van der Waals surface area contributed by atoms with E-state index in [2.05, 4.69) is 15.1 Å². The number of hydrogen-bond donors (Lipinski definition) is 2. The van der Waals surface area contributed by atoms with Gasteiger partial charge < -0.3 is 5.32 Å². The van der Waals surface area contributed by atoms with Crippen molar-refractivity contribution in [1.29, 1.82) is 0 Å². The van der Waals surface area contributed by atoms with Gasteiger partial charge in [0.1, 0.15) is 0 Å². The number of carbonyl (C=O) groups is 1. The van der Waals surface area contributed by atoms with Crippen molar-refractivity contribution in [2.45, 2.75) is 37.6 Å². The summed E-state index contributed by atoms with van der Waals surface area (Å²) in [6.45, 7) is 3.37. The lowest BCUT2D eigenvalue weighted by molar-refractivity contribution is -0.121. The zero-order valence-corrected chi connectivity index (χ0v) is 15.3. The highest BCUT2D eigenvalue weighted by Crippen LogP contribution is 2.11. The Morgan fingerprint density at radius 3 is 2.56 bits per heavy atom. The van der Waals surface area contributed by atoms with Crippen LogP contribution in [-0.4, -0.2) is 37.7 Å². The molecule has 136 valence electrons. The summed E-state index contributed by atoms with van der Waals surface area (Å²) in [5.74, 6) is -0.0106. The summed E-state index contributed by atoms with van der Waals surface area (Å²) in [6.07, 6.45) is 5.55. The first-order chi connectivity index (χ1) is 11.9. The number of aryl methyl sites for hydroxylation is 3. The maximum Gasteiger partial charge on any atom is 0.240 e. The summed E-state index contributed by atoms with van der Waals surface area (Å²) in [5, 5.41) is 7.08. The van der Waals surface area contributed by atoms with Gasteiger partial charge in [-0.25, -0.2) is 13.1 Å². The third-order valence-corrected chi connectivity index (χ3v) is 5.22. The molecular formula is C17H24N4O3S. The van der Waals surface area contributed by atoms with Crippen molar-refractivity contribution in [1.82, 2.24) is 19.8 Å². The van der Waals surface area contributed by atoms with Gasteiger partial charge in [0.15, 0.2) is 0 Å². The number of rotatable bonds is 9. The van der Waals surface area contributed by atoms with Crippen LogP contribution in [-0.2, 0) is 27.8 Å². The van der Waals surface area contributed by atoms with Gasteiger partial charge in [0.2, 0.25) is 15.9 Å². The van der Waals surface area contributed by atoms with Gasteiger partial charge in [0.05, 0.1) is 11.1 Å². The molecule has 0 unspecified atom stereocenters. The highest BCUT2D eigenvalue weighted by atomic mass is 32.2. The Morgan fingerprint density at radius 2 is 1.96 bits per heavy atom. The summed E-state index contributed by atoms with van der Waals surface area (Å²) in [6, 6.07) is 6.56. The topological polar surface area (TPSA) is 93.1 Å². The number of carbonyl (C=O) groups excluding carboxylic acids is 1. The highest BCUT2D eigenvalue weighted by molar-refractivity contribution is 7.89. The highest BCUT2D eigenvalue weighted by Gasteiger charge is 2.10. The van der Waals surface area contributed by atoms with Crippen LogP contribution in [0.1, 0.15) is 24.0 Å². The molecule has 1 aromatic heterocycles. The average molecular weight is 364 g/mol. The fourth-order valence-electron chi connectivity index (χ4n) is 2.36. The van der Waals surface area contributed by atoms with Gasteiger partial charge in [-0.05, 0) is 50.1 Å². The predicted octanol–water partition coefficient (Wildman–Crippen LogP) is 1.24. The summed E-state index contributed by atoms with van der Waals surface area (Å²) < 4.78 is 27.4. The Labute approximate surface area is 148 Å². The number of nitrogens with one attached hydrogen (secondary N) is 2. The zero-order chi connectivity index (χ0) is 18.3. The summed E-state index contributed by atoms with van der Waals surface area (Å²) in [5.41, 5.74) is 2.05. The van der Waals surface area contributed by atoms with E-state index in [0.717, 1.165) is 24.1 Å². The second kappa shape index (κ2) is 8.77. The van der Waals surface area contributed by atoms with E-state index in [1.807, 2.05) is 24.0 Å². The van der Waals surface area contributed by atoms with Gasteiger partial charge in [-0.3, -0.25) is 9.48 Å². The Bertz CT molecular complexity index is 798. The summed E-state index contributed by atoms with van der Waals surface area (Å²) in [7, 11) is -2.04. The largest absolute Gasteiger partial charge is 0.356 e. The van der Waals surface area contributed by atoms with Gasteiger partial charge in [0.25, 0.3) is 0 Å². The Morgan fingerprint density at radius 1 is 1.24 bits per heavy atom. The first kappa shape index (κ1) is 19.1. The molecule has 0 aliphatic heterocycles. The van der Waals surface area contributed by atoms with Crippen LogP contribution in [0, 0.1) is 6.92 Å².